The van der Waals surface area contributed by atoms with Crippen LogP contribution in [0.15, 0.2) is 42.5 Å². The second-order valence-electron chi connectivity index (χ2n) is 7.67. The molecule has 2 aliphatic rings. The van der Waals surface area contributed by atoms with Gasteiger partial charge in [-0.3, -0.25) is 14.0 Å². The van der Waals surface area contributed by atoms with Crippen molar-refractivity contribution >= 4 is 21.6 Å². The zero-order chi connectivity index (χ0) is 22.0. The summed E-state index contributed by atoms with van der Waals surface area (Å²) in [5, 5.41) is 0. The van der Waals surface area contributed by atoms with Crippen LogP contribution in [0.25, 0.3) is 0 Å². The van der Waals surface area contributed by atoms with Gasteiger partial charge >= 0.3 is 0 Å². The van der Waals surface area contributed by atoms with E-state index in [1.165, 1.54) is 11.4 Å². The molecule has 8 nitrogen and oxygen atoms in total. The van der Waals surface area contributed by atoms with E-state index in [9.17, 15) is 13.2 Å². The first-order chi connectivity index (χ1) is 14.9. The molecule has 1 fully saturated rings. The minimum atomic E-state index is -3.32. The number of ether oxygens (including phenoxy) is 2. The van der Waals surface area contributed by atoms with E-state index in [-0.39, 0.29) is 18.5 Å². The van der Waals surface area contributed by atoms with Crippen molar-refractivity contribution < 1.29 is 22.7 Å². The number of fused-ring (bicyclic) bond motifs is 1. The summed E-state index contributed by atoms with van der Waals surface area (Å²) in [6.45, 7) is 5.54. The van der Waals surface area contributed by atoms with Gasteiger partial charge in [-0.2, -0.15) is 0 Å². The van der Waals surface area contributed by atoms with Crippen molar-refractivity contribution in [1.82, 2.24) is 9.80 Å². The van der Waals surface area contributed by atoms with Crippen LogP contribution in [0, 0.1) is 0 Å². The van der Waals surface area contributed by atoms with Crippen molar-refractivity contribution in [2.24, 2.45) is 0 Å². The van der Waals surface area contributed by atoms with E-state index in [0.717, 1.165) is 36.7 Å². The largest absolute Gasteiger partial charge is 0.454 e. The highest BCUT2D eigenvalue weighted by molar-refractivity contribution is 7.92. The average Bonchev–Trinajstić information content (AvgIpc) is 3.26. The Morgan fingerprint density at radius 2 is 1.68 bits per heavy atom. The third-order valence-corrected chi connectivity index (χ3v) is 7.54. The van der Waals surface area contributed by atoms with Gasteiger partial charge in [-0.15, -0.1) is 0 Å². The number of carbonyl (C=O) groups is 1. The molecule has 0 bridgehead atoms. The molecule has 0 aromatic heterocycles. The molecule has 2 aliphatic heterocycles. The summed E-state index contributed by atoms with van der Waals surface area (Å²) in [5.74, 6) is 1.56. The quantitative estimate of drug-likeness (QED) is 0.678. The summed E-state index contributed by atoms with van der Waals surface area (Å²) in [7, 11) is -1.80. The number of sulfonamides is 1. The molecule has 31 heavy (non-hydrogen) atoms. The number of benzene rings is 2. The Balaban J connectivity index is 1.33. The molecule has 0 aliphatic carbocycles. The van der Waals surface area contributed by atoms with Crippen LogP contribution in [0.3, 0.4) is 0 Å². The van der Waals surface area contributed by atoms with Gasteiger partial charge in [0.15, 0.2) is 11.5 Å². The van der Waals surface area contributed by atoms with Crippen LogP contribution in [0.2, 0.25) is 0 Å². The molecule has 2 heterocycles. The topological polar surface area (TPSA) is 79.4 Å². The van der Waals surface area contributed by atoms with Gasteiger partial charge < -0.3 is 14.4 Å². The van der Waals surface area contributed by atoms with Crippen LogP contribution in [0.1, 0.15) is 22.8 Å². The summed E-state index contributed by atoms with van der Waals surface area (Å²) in [5.41, 5.74) is 2.27. The molecule has 0 radical (unpaired) electrons. The minimum absolute atomic E-state index is 0.0285. The Labute approximate surface area is 183 Å². The zero-order valence-corrected chi connectivity index (χ0v) is 18.6. The van der Waals surface area contributed by atoms with Crippen LogP contribution in [-0.2, 0) is 16.6 Å². The molecule has 0 saturated carbocycles. The van der Waals surface area contributed by atoms with Gasteiger partial charge in [0, 0.05) is 45.3 Å². The molecular formula is C22H27N3O5S. The zero-order valence-electron chi connectivity index (χ0n) is 17.8. The lowest BCUT2D eigenvalue weighted by Crippen LogP contribution is -2.48. The fraction of sp³-hybridized carbons (Fsp3) is 0.409. The van der Waals surface area contributed by atoms with E-state index in [0.29, 0.717) is 24.3 Å². The third kappa shape index (κ3) is 4.62. The molecule has 4 rings (SSSR count). The van der Waals surface area contributed by atoms with Crippen LogP contribution >= 0.6 is 0 Å². The molecule has 2 aromatic rings. The van der Waals surface area contributed by atoms with Gasteiger partial charge in [-0.1, -0.05) is 6.07 Å². The Bertz CT molecular complexity index is 1050. The lowest BCUT2D eigenvalue weighted by Gasteiger charge is -2.35. The standard InChI is InChI=1S/C22H27N3O5S/c1-3-31(27,28)23(2)19-7-5-18(6-8-19)22(26)25-12-10-24(11-13-25)15-17-4-9-20-21(14-17)30-16-29-20/h4-9,14H,3,10-13,15-16H2,1-2H3. The summed E-state index contributed by atoms with van der Waals surface area (Å²) in [6, 6.07) is 12.7. The summed E-state index contributed by atoms with van der Waals surface area (Å²) in [6.07, 6.45) is 0. The highest BCUT2D eigenvalue weighted by Crippen LogP contribution is 2.32. The molecule has 0 spiro atoms. The molecule has 1 saturated heterocycles. The lowest BCUT2D eigenvalue weighted by molar-refractivity contribution is 0.0628. The number of nitrogens with zero attached hydrogens (tertiary/aromatic N) is 3. The SMILES string of the molecule is CCS(=O)(=O)N(C)c1ccc(C(=O)N2CCN(Cc3ccc4c(c3)OCO4)CC2)cc1. The minimum Gasteiger partial charge on any atom is -0.454 e. The van der Waals surface area contributed by atoms with Crippen molar-refractivity contribution in [1.29, 1.82) is 0 Å². The monoisotopic (exact) mass is 445 g/mol. The maximum Gasteiger partial charge on any atom is 0.253 e. The predicted octanol–water partition coefficient (Wildman–Crippen LogP) is 2.16. The van der Waals surface area contributed by atoms with E-state index in [2.05, 4.69) is 4.90 Å². The van der Waals surface area contributed by atoms with Crippen molar-refractivity contribution in [3.63, 3.8) is 0 Å². The molecule has 9 heteroatoms. The van der Waals surface area contributed by atoms with E-state index in [4.69, 9.17) is 9.47 Å². The molecule has 0 unspecified atom stereocenters. The highest BCUT2D eigenvalue weighted by atomic mass is 32.2. The van der Waals surface area contributed by atoms with Crippen molar-refractivity contribution in [2.45, 2.75) is 13.5 Å². The van der Waals surface area contributed by atoms with Crippen LogP contribution in [0.5, 0.6) is 11.5 Å². The lowest BCUT2D eigenvalue weighted by atomic mass is 10.1. The molecular weight excluding hydrogens is 418 g/mol. The Morgan fingerprint density at radius 3 is 2.35 bits per heavy atom. The van der Waals surface area contributed by atoms with E-state index in [1.54, 1.807) is 31.2 Å². The Hall–Kier alpha value is -2.78. The van der Waals surface area contributed by atoms with Gasteiger partial charge in [-0.05, 0) is 48.9 Å². The summed E-state index contributed by atoms with van der Waals surface area (Å²) >= 11 is 0. The molecule has 0 atom stereocenters. The molecule has 166 valence electrons. The number of carbonyl (C=O) groups excluding carboxylic acids is 1. The number of hydrogen-bond donors (Lipinski definition) is 0. The van der Waals surface area contributed by atoms with Crippen LogP contribution in [-0.4, -0.2) is 69.9 Å². The van der Waals surface area contributed by atoms with Gasteiger partial charge in [0.25, 0.3) is 5.91 Å². The third-order valence-electron chi connectivity index (χ3n) is 5.76. The van der Waals surface area contributed by atoms with Crippen LogP contribution < -0.4 is 13.8 Å². The number of anilines is 1. The average molecular weight is 446 g/mol. The second kappa shape index (κ2) is 8.76. The summed E-state index contributed by atoms with van der Waals surface area (Å²) < 4.78 is 36.1. The number of rotatable bonds is 6. The maximum atomic E-state index is 12.9. The Kier molecular flexibility index (Phi) is 6.06. The van der Waals surface area contributed by atoms with E-state index >= 15 is 0 Å². The predicted molar refractivity (Wildman–Crippen MR) is 118 cm³/mol. The molecule has 2 aromatic carbocycles. The first-order valence-corrected chi connectivity index (χ1v) is 11.9. The van der Waals surface area contributed by atoms with Crippen LogP contribution in [0.4, 0.5) is 5.69 Å². The van der Waals surface area contributed by atoms with E-state index in [1.807, 2.05) is 23.1 Å². The van der Waals surface area contributed by atoms with Gasteiger partial charge in [0.1, 0.15) is 0 Å². The number of hydrogen-bond acceptors (Lipinski definition) is 6. The molecule has 1 amide bonds. The first-order valence-electron chi connectivity index (χ1n) is 10.3. The fourth-order valence-electron chi connectivity index (χ4n) is 3.76. The maximum absolute atomic E-state index is 12.9. The van der Waals surface area contributed by atoms with Crippen molar-refractivity contribution in [2.75, 3.05) is 50.1 Å². The van der Waals surface area contributed by atoms with E-state index < -0.39 is 10.0 Å². The van der Waals surface area contributed by atoms with Crippen molar-refractivity contribution in [3.8, 4) is 11.5 Å². The fourth-order valence-corrected chi connectivity index (χ4v) is 4.59. The van der Waals surface area contributed by atoms with Crippen molar-refractivity contribution in [3.05, 3.63) is 53.6 Å². The van der Waals surface area contributed by atoms with Gasteiger partial charge in [-0.25, -0.2) is 8.42 Å². The second-order valence-corrected chi connectivity index (χ2v) is 9.96. The number of piperazine rings is 1. The van der Waals surface area contributed by atoms with Gasteiger partial charge in [0.05, 0.1) is 11.4 Å². The first kappa shape index (κ1) is 21.5. The highest BCUT2D eigenvalue weighted by Gasteiger charge is 2.23. The number of amides is 1. The molecule has 0 N–H and O–H groups in total. The summed E-state index contributed by atoms with van der Waals surface area (Å²) in [4.78, 5) is 17.0. The smallest absolute Gasteiger partial charge is 0.253 e. The Morgan fingerprint density at radius 1 is 1.00 bits per heavy atom. The normalized spacial score (nSPS) is 16.4. The van der Waals surface area contributed by atoms with Gasteiger partial charge in [0.2, 0.25) is 16.8 Å².